The van der Waals surface area contributed by atoms with Gasteiger partial charge in [0.2, 0.25) is 0 Å². The number of pyridine rings is 1. The maximum Gasteiger partial charge on any atom is 0.124 e. The molecule has 0 N–H and O–H groups in total. The van der Waals surface area contributed by atoms with E-state index < -0.39 is 0 Å². The minimum atomic E-state index is 0.958. The van der Waals surface area contributed by atoms with Crippen molar-refractivity contribution in [1.29, 1.82) is 0 Å². The largest absolute Gasteiger partial charge is 0.265 e. The molecule has 0 unspecified atom stereocenters. The first kappa shape index (κ1) is 13.6. The highest BCUT2D eigenvalue weighted by Crippen LogP contribution is 2.45. The van der Waals surface area contributed by atoms with Crippen molar-refractivity contribution in [3.8, 4) is 32.3 Å². The molecule has 0 amide bonds. The summed E-state index contributed by atoms with van der Waals surface area (Å²) in [7, 11) is 0. The van der Waals surface area contributed by atoms with Gasteiger partial charge in [-0.15, -0.1) is 11.3 Å². The van der Waals surface area contributed by atoms with Gasteiger partial charge in [0.25, 0.3) is 0 Å². The zero-order valence-electron chi connectivity index (χ0n) is 12.9. The van der Waals surface area contributed by atoms with Crippen molar-refractivity contribution in [1.82, 2.24) is 9.97 Å². The first-order valence-electron chi connectivity index (χ1n) is 7.98. The second kappa shape index (κ2) is 5.39. The fourth-order valence-corrected chi connectivity index (χ4v) is 4.46. The third-order valence-corrected chi connectivity index (χ3v) is 5.61. The SMILES string of the molecule is c1ccc2c(c1)Cc1ccccc1-c1sc(-c3ccncc3)nc1-2. The number of aromatic nitrogens is 2. The van der Waals surface area contributed by atoms with E-state index in [1.54, 1.807) is 11.3 Å². The van der Waals surface area contributed by atoms with Gasteiger partial charge < -0.3 is 0 Å². The molecule has 1 aliphatic carbocycles. The second-order valence-electron chi connectivity index (χ2n) is 5.92. The molecule has 2 aromatic carbocycles. The molecule has 5 rings (SSSR count). The molecule has 24 heavy (non-hydrogen) atoms. The minimum Gasteiger partial charge on any atom is -0.265 e. The van der Waals surface area contributed by atoms with Gasteiger partial charge in [-0.1, -0.05) is 48.5 Å². The fraction of sp³-hybridized carbons (Fsp3) is 0.0476. The van der Waals surface area contributed by atoms with Crippen molar-refractivity contribution in [2.24, 2.45) is 0 Å². The Balaban J connectivity index is 1.82. The molecule has 0 bridgehead atoms. The van der Waals surface area contributed by atoms with E-state index in [-0.39, 0.29) is 0 Å². The molecule has 4 aromatic rings. The van der Waals surface area contributed by atoms with Crippen molar-refractivity contribution >= 4 is 11.3 Å². The number of nitrogens with zero attached hydrogens (tertiary/aromatic N) is 2. The predicted molar refractivity (Wildman–Crippen MR) is 99.0 cm³/mol. The number of thiazole rings is 1. The van der Waals surface area contributed by atoms with Gasteiger partial charge in [-0.05, 0) is 35.2 Å². The Morgan fingerprint density at radius 3 is 2.21 bits per heavy atom. The number of rotatable bonds is 1. The molecule has 0 saturated carbocycles. The Morgan fingerprint density at radius 1 is 0.750 bits per heavy atom. The third kappa shape index (κ3) is 2.09. The number of hydrogen-bond donors (Lipinski definition) is 0. The maximum atomic E-state index is 5.01. The molecule has 0 saturated heterocycles. The zero-order valence-corrected chi connectivity index (χ0v) is 13.8. The number of benzene rings is 2. The average molecular weight is 326 g/mol. The summed E-state index contributed by atoms with van der Waals surface area (Å²) >= 11 is 1.77. The van der Waals surface area contributed by atoms with Gasteiger partial charge in [-0.2, -0.15) is 0 Å². The molecule has 2 aromatic heterocycles. The molecule has 0 atom stereocenters. The highest BCUT2D eigenvalue weighted by molar-refractivity contribution is 7.19. The lowest BCUT2D eigenvalue weighted by Gasteiger charge is -2.05. The monoisotopic (exact) mass is 326 g/mol. The van der Waals surface area contributed by atoms with E-state index in [4.69, 9.17) is 4.98 Å². The van der Waals surface area contributed by atoms with Crippen molar-refractivity contribution in [2.45, 2.75) is 6.42 Å². The van der Waals surface area contributed by atoms with E-state index in [1.807, 2.05) is 24.5 Å². The van der Waals surface area contributed by atoms with Gasteiger partial charge in [-0.25, -0.2) is 4.98 Å². The molecule has 114 valence electrons. The summed E-state index contributed by atoms with van der Waals surface area (Å²) in [6, 6.07) is 21.4. The van der Waals surface area contributed by atoms with Crippen LogP contribution in [0.4, 0.5) is 0 Å². The highest BCUT2D eigenvalue weighted by atomic mass is 32.1. The van der Waals surface area contributed by atoms with E-state index >= 15 is 0 Å². The van der Waals surface area contributed by atoms with Crippen LogP contribution in [0.3, 0.4) is 0 Å². The molecule has 0 spiro atoms. The minimum absolute atomic E-state index is 0.958. The maximum absolute atomic E-state index is 5.01. The highest BCUT2D eigenvalue weighted by Gasteiger charge is 2.23. The van der Waals surface area contributed by atoms with Gasteiger partial charge in [0, 0.05) is 23.5 Å². The lowest BCUT2D eigenvalue weighted by atomic mass is 10.00. The van der Waals surface area contributed by atoms with Crippen LogP contribution in [0.1, 0.15) is 11.1 Å². The van der Waals surface area contributed by atoms with Crippen LogP contribution < -0.4 is 0 Å². The van der Waals surface area contributed by atoms with E-state index in [0.29, 0.717) is 0 Å². The molecule has 0 aliphatic heterocycles. The smallest absolute Gasteiger partial charge is 0.124 e. The molecule has 3 heteroatoms. The van der Waals surface area contributed by atoms with Crippen LogP contribution in [0, 0.1) is 0 Å². The van der Waals surface area contributed by atoms with Gasteiger partial charge >= 0.3 is 0 Å². The van der Waals surface area contributed by atoms with Gasteiger partial charge in [-0.3, -0.25) is 4.98 Å². The molecular weight excluding hydrogens is 312 g/mol. The van der Waals surface area contributed by atoms with Crippen LogP contribution in [-0.4, -0.2) is 9.97 Å². The standard InChI is InChI=1S/C21H14N2S/c1-3-7-17-15(5-1)13-16-6-2-4-8-18(16)20-19(17)23-21(24-20)14-9-11-22-12-10-14/h1-12H,13H2. The second-order valence-corrected chi connectivity index (χ2v) is 6.92. The molecule has 1 aliphatic rings. The molecular formula is C21H14N2S. The Morgan fingerprint density at radius 2 is 1.42 bits per heavy atom. The summed E-state index contributed by atoms with van der Waals surface area (Å²) in [5, 5.41) is 1.05. The Bertz CT molecular complexity index is 972. The summed E-state index contributed by atoms with van der Waals surface area (Å²) < 4.78 is 0. The van der Waals surface area contributed by atoms with Crippen LogP contribution in [0.5, 0.6) is 0 Å². The lowest BCUT2D eigenvalue weighted by Crippen LogP contribution is -1.90. The van der Waals surface area contributed by atoms with E-state index in [9.17, 15) is 0 Å². The van der Waals surface area contributed by atoms with Crippen LogP contribution in [-0.2, 0) is 6.42 Å². The summed E-state index contributed by atoms with van der Waals surface area (Å²) in [6.45, 7) is 0. The summed E-state index contributed by atoms with van der Waals surface area (Å²) in [5.41, 5.74) is 7.50. The van der Waals surface area contributed by atoms with E-state index in [1.165, 1.54) is 27.1 Å². The zero-order chi connectivity index (χ0) is 15.9. The van der Waals surface area contributed by atoms with Crippen LogP contribution in [0.15, 0.2) is 73.1 Å². The molecule has 2 nitrogen and oxygen atoms in total. The molecule has 0 fully saturated rings. The number of hydrogen-bond acceptors (Lipinski definition) is 3. The van der Waals surface area contributed by atoms with Crippen molar-refractivity contribution < 1.29 is 0 Å². The van der Waals surface area contributed by atoms with Gasteiger partial charge in [0.1, 0.15) is 5.01 Å². The topological polar surface area (TPSA) is 25.8 Å². The first-order chi connectivity index (χ1) is 11.9. The van der Waals surface area contributed by atoms with E-state index in [2.05, 4.69) is 53.5 Å². The van der Waals surface area contributed by atoms with Crippen molar-refractivity contribution in [3.05, 3.63) is 84.2 Å². The van der Waals surface area contributed by atoms with Crippen molar-refractivity contribution in [3.63, 3.8) is 0 Å². The third-order valence-electron chi connectivity index (χ3n) is 4.47. The lowest BCUT2D eigenvalue weighted by molar-refractivity contribution is 1.21. The average Bonchev–Trinajstić information content (AvgIpc) is 3.03. The van der Waals surface area contributed by atoms with Gasteiger partial charge in [0.05, 0.1) is 10.6 Å². The van der Waals surface area contributed by atoms with Crippen LogP contribution in [0.2, 0.25) is 0 Å². The first-order valence-corrected chi connectivity index (χ1v) is 8.79. The predicted octanol–water partition coefficient (Wildman–Crippen LogP) is 5.44. The van der Waals surface area contributed by atoms with Gasteiger partial charge in [0.15, 0.2) is 0 Å². The number of fused-ring (bicyclic) bond motifs is 5. The normalized spacial score (nSPS) is 12.0. The molecule has 0 radical (unpaired) electrons. The Labute approximate surface area is 144 Å². The van der Waals surface area contributed by atoms with Crippen LogP contribution >= 0.6 is 11.3 Å². The van der Waals surface area contributed by atoms with Crippen LogP contribution in [0.25, 0.3) is 32.3 Å². The summed E-state index contributed by atoms with van der Waals surface area (Å²) in [5.74, 6) is 0. The Hall–Kier alpha value is -2.78. The fourth-order valence-electron chi connectivity index (χ4n) is 3.31. The van der Waals surface area contributed by atoms with Crippen molar-refractivity contribution in [2.75, 3.05) is 0 Å². The van der Waals surface area contributed by atoms with E-state index in [0.717, 1.165) is 22.7 Å². The Kier molecular flexibility index (Phi) is 3.06. The quantitative estimate of drug-likeness (QED) is 0.410. The summed E-state index contributed by atoms with van der Waals surface area (Å²) in [4.78, 5) is 10.4. The summed E-state index contributed by atoms with van der Waals surface area (Å²) in [6.07, 6.45) is 4.60. The molecule has 2 heterocycles.